The van der Waals surface area contributed by atoms with E-state index in [0.717, 1.165) is 12.5 Å². The molecule has 25 heavy (non-hydrogen) atoms. The van der Waals surface area contributed by atoms with E-state index in [2.05, 4.69) is 77.7 Å². The lowest BCUT2D eigenvalue weighted by Gasteiger charge is -2.32. The average molecular weight is 341 g/mol. The van der Waals surface area contributed by atoms with Gasteiger partial charge in [0.25, 0.3) is 0 Å². The summed E-state index contributed by atoms with van der Waals surface area (Å²) in [6.45, 7) is 3.54. The van der Waals surface area contributed by atoms with Gasteiger partial charge in [0.2, 0.25) is 0 Å². The van der Waals surface area contributed by atoms with Crippen LogP contribution in [-0.2, 0) is 0 Å². The molecular formula is C24H27N. The van der Waals surface area contributed by atoms with Gasteiger partial charge in [0.05, 0.1) is 0 Å². The molecule has 1 nitrogen and oxygen atoms in total. The topological polar surface area (TPSA) is 3.24 Å². The molecule has 1 aliphatic carbocycles. The quantitative estimate of drug-likeness (QED) is 0.693. The first kappa shape index (κ1) is 16.4. The number of nitrogens with zero attached hydrogens (tertiary/aromatic N) is 1. The fraction of sp³-hybridized carbons (Fsp3) is 0.333. The van der Waals surface area contributed by atoms with Crippen molar-refractivity contribution in [2.75, 3.05) is 19.6 Å². The summed E-state index contributed by atoms with van der Waals surface area (Å²) in [5.41, 5.74) is 5.88. The zero-order valence-corrected chi connectivity index (χ0v) is 14.9. The molecule has 128 valence electrons. The molecule has 1 heteroatoms. The number of allylic oxidation sites excluding steroid dienone is 2. The molecule has 1 atom stereocenters. The van der Waals surface area contributed by atoms with Crippen molar-refractivity contribution in [1.82, 2.24) is 4.90 Å². The second kappa shape index (κ2) is 7.84. The summed E-state index contributed by atoms with van der Waals surface area (Å²) in [5.74, 6) is 0.798. The van der Waals surface area contributed by atoms with Crippen LogP contribution in [0.15, 0.2) is 72.8 Å². The highest BCUT2D eigenvalue weighted by Crippen LogP contribution is 2.32. The van der Waals surface area contributed by atoms with Crippen LogP contribution < -0.4 is 0 Å². The van der Waals surface area contributed by atoms with E-state index in [1.807, 2.05) is 0 Å². The lowest BCUT2D eigenvalue weighted by Crippen LogP contribution is -2.33. The minimum Gasteiger partial charge on any atom is -0.299 e. The van der Waals surface area contributed by atoms with Crippen LogP contribution in [-0.4, -0.2) is 24.5 Å². The van der Waals surface area contributed by atoms with Crippen molar-refractivity contribution in [3.8, 4) is 0 Å². The number of benzene rings is 2. The van der Waals surface area contributed by atoms with Gasteiger partial charge in [-0.2, -0.15) is 0 Å². The van der Waals surface area contributed by atoms with Crippen LogP contribution in [0.3, 0.4) is 0 Å². The van der Waals surface area contributed by atoms with Crippen molar-refractivity contribution >= 4 is 11.1 Å². The van der Waals surface area contributed by atoms with Gasteiger partial charge in [-0.1, -0.05) is 72.8 Å². The van der Waals surface area contributed by atoms with Gasteiger partial charge in [0.15, 0.2) is 0 Å². The van der Waals surface area contributed by atoms with Crippen LogP contribution >= 0.6 is 0 Å². The Morgan fingerprint density at radius 1 is 1.04 bits per heavy atom. The van der Waals surface area contributed by atoms with Crippen LogP contribution in [0.2, 0.25) is 0 Å². The van der Waals surface area contributed by atoms with Crippen molar-refractivity contribution in [2.24, 2.45) is 5.92 Å². The fourth-order valence-corrected chi connectivity index (χ4v) is 4.19. The van der Waals surface area contributed by atoms with Crippen LogP contribution in [0.1, 0.15) is 36.8 Å². The third-order valence-electron chi connectivity index (χ3n) is 5.57. The minimum atomic E-state index is 0.798. The number of rotatable bonds is 4. The zero-order valence-electron chi connectivity index (χ0n) is 14.9. The Kier molecular flexibility index (Phi) is 5.13. The highest BCUT2D eigenvalue weighted by Gasteiger charge is 2.21. The maximum atomic E-state index is 2.64. The molecule has 0 saturated carbocycles. The predicted molar refractivity (Wildman–Crippen MR) is 107 cm³/mol. The van der Waals surface area contributed by atoms with E-state index in [-0.39, 0.29) is 0 Å². The lowest BCUT2D eigenvalue weighted by atomic mass is 9.85. The second-order valence-electron chi connectivity index (χ2n) is 7.35. The summed E-state index contributed by atoms with van der Waals surface area (Å²) in [6, 6.07) is 21.8. The van der Waals surface area contributed by atoms with Gasteiger partial charge in [-0.25, -0.2) is 0 Å². The largest absolute Gasteiger partial charge is 0.299 e. The predicted octanol–water partition coefficient (Wildman–Crippen LogP) is 5.66. The Hall–Kier alpha value is -2.12. The molecule has 2 aromatic carbocycles. The SMILES string of the molecule is C1=C(c2ccccc2)C[C@H](CN2CC=C([14c]3[14cH][14cH][14cH][14cH][14cH]3)CC2)CC1. The number of hydrogen-bond acceptors (Lipinski definition) is 1. The molecule has 1 aliphatic heterocycles. The maximum Gasteiger partial charge on any atom is 0.0169 e. The Morgan fingerprint density at radius 3 is 2.64 bits per heavy atom. The van der Waals surface area contributed by atoms with Gasteiger partial charge in [-0.15, -0.1) is 0 Å². The summed E-state index contributed by atoms with van der Waals surface area (Å²) in [4.78, 5) is 2.64. The van der Waals surface area contributed by atoms with Crippen molar-refractivity contribution in [2.45, 2.75) is 25.7 Å². The van der Waals surface area contributed by atoms with E-state index in [9.17, 15) is 0 Å². The van der Waals surface area contributed by atoms with Crippen LogP contribution in [0, 0.1) is 5.92 Å². The summed E-state index contributed by atoms with van der Waals surface area (Å²) >= 11 is 0. The third-order valence-corrected chi connectivity index (χ3v) is 5.57. The molecule has 1 heterocycles. The fourth-order valence-electron chi connectivity index (χ4n) is 4.19. The summed E-state index contributed by atoms with van der Waals surface area (Å²) in [5, 5.41) is 0. The van der Waals surface area contributed by atoms with Crippen molar-refractivity contribution in [1.29, 1.82) is 0 Å². The third kappa shape index (κ3) is 4.11. The molecule has 0 unspecified atom stereocenters. The average Bonchev–Trinajstić information content (AvgIpc) is 2.70. The molecule has 0 radical (unpaired) electrons. The molecule has 0 saturated heterocycles. The first-order valence-corrected chi connectivity index (χ1v) is 9.60. The first-order valence-electron chi connectivity index (χ1n) is 9.60. The van der Waals surface area contributed by atoms with Crippen molar-refractivity contribution in [3.63, 3.8) is 0 Å². The van der Waals surface area contributed by atoms with Crippen molar-refractivity contribution in [3.05, 3.63) is 83.9 Å². The first-order chi connectivity index (χ1) is 12.4. The van der Waals surface area contributed by atoms with Crippen LogP contribution in [0.25, 0.3) is 11.1 Å². The summed E-state index contributed by atoms with van der Waals surface area (Å²) < 4.78 is 0. The van der Waals surface area contributed by atoms with E-state index >= 15 is 0 Å². The smallest absolute Gasteiger partial charge is 0.0169 e. The van der Waals surface area contributed by atoms with Gasteiger partial charge < -0.3 is 0 Å². The molecule has 4 rings (SSSR count). The van der Waals surface area contributed by atoms with Gasteiger partial charge in [-0.05, 0) is 53.9 Å². The molecule has 0 spiro atoms. The van der Waals surface area contributed by atoms with Gasteiger partial charge in [0, 0.05) is 19.6 Å². The molecule has 0 bridgehead atoms. The molecule has 0 amide bonds. The summed E-state index contributed by atoms with van der Waals surface area (Å²) in [7, 11) is 0. The van der Waals surface area contributed by atoms with Crippen molar-refractivity contribution < 1.29 is 0 Å². The standard InChI is InChI=1S/C24H27N/c1-3-9-21(10-4-1)23-14-16-25(17-15-23)19-20-8-7-13-24(18-20)22-11-5-2-6-12-22/h1-6,9-14,20H,7-8,15-19H2/t20-/m1/s1/i1+2,3+2,4+2,9+2,10+2,21+2. The van der Waals surface area contributed by atoms with Crippen LogP contribution in [0.4, 0.5) is 0 Å². The Balaban J connectivity index is 1.35. The van der Waals surface area contributed by atoms with Gasteiger partial charge in [0.1, 0.15) is 0 Å². The highest BCUT2D eigenvalue weighted by atomic mass is 15.7. The van der Waals surface area contributed by atoms with E-state index < -0.39 is 0 Å². The molecule has 0 N–H and O–H groups in total. The van der Waals surface area contributed by atoms with E-state index in [1.165, 1.54) is 55.5 Å². The van der Waals surface area contributed by atoms with Crippen LogP contribution in [0.5, 0.6) is 0 Å². The van der Waals surface area contributed by atoms with E-state index in [4.69, 9.17) is 0 Å². The summed E-state index contributed by atoms with van der Waals surface area (Å²) in [6.07, 6.45) is 9.87. The Bertz CT molecular complexity index is 742. The van der Waals surface area contributed by atoms with Gasteiger partial charge in [-0.3, -0.25) is 4.90 Å². The Morgan fingerprint density at radius 2 is 1.88 bits per heavy atom. The van der Waals surface area contributed by atoms with Gasteiger partial charge >= 0.3 is 0 Å². The normalized spacial score (nSPS) is 21.5. The maximum absolute atomic E-state index is 2.64. The Labute approximate surface area is 151 Å². The monoisotopic (exact) mass is 341 g/mol. The highest BCUT2D eigenvalue weighted by molar-refractivity contribution is 5.67. The lowest BCUT2D eigenvalue weighted by molar-refractivity contribution is 0.244. The molecule has 0 aromatic heterocycles. The van der Waals surface area contributed by atoms with E-state index in [0.29, 0.717) is 0 Å². The molecule has 0 fully saturated rings. The minimum absolute atomic E-state index is 0.798. The number of hydrogen-bond donors (Lipinski definition) is 0. The molecule has 2 aromatic rings. The molecule has 2 aliphatic rings. The van der Waals surface area contributed by atoms with E-state index in [1.54, 1.807) is 5.57 Å². The second-order valence-corrected chi connectivity index (χ2v) is 7.35. The molecular weight excluding hydrogens is 314 g/mol. The zero-order chi connectivity index (χ0) is 16.9.